The minimum atomic E-state index is -4.47. The van der Waals surface area contributed by atoms with Crippen molar-refractivity contribution in [1.82, 2.24) is 19.6 Å². The molecule has 2 aliphatic rings. The van der Waals surface area contributed by atoms with Gasteiger partial charge in [-0.1, -0.05) is 40.7 Å². The highest BCUT2D eigenvalue weighted by molar-refractivity contribution is 7.90. The highest BCUT2D eigenvalue weighted by Gasteiger charge is 2.50. The van der Waals surface area contributed by atoms with E-state index >= 15 is 0 Å². The number of hydrogen-bond acceptors (Lipinski definition) is 9. The number of aromatic nitrogens is 2. The Labute approximate surface area is 303 Å². The molecule has 2 unspecified atom stereocenters. The molecular weight excluding hydrogens is 674 g/mol. The molecule has 0 bridgehead atoms. The highest BCUT2D eigenvalue weighted by Crippen LogP contribution is 2.49. The number of sulfonamides is 1. The van der Waals surface area contributed by atoms with Gasteiger partial charge >= 0.3 is 6.09 Å². The molecule has 284 valence electrons. The SMILES string of the molecule is CC(C)(C)OC(=O)N1C[C@@H](CCC(Nc2cccc(S(=O)(=O)NC(=O)c3ccc(C(C)(C)C)nc3F)n2)C2CCOC(C)(C)C2(C)C)CC1(C)C. The Morgan fingerprint density at radius 2 is 1.71 bits per heavy atom. The molecule has 2 aliphatic heterocycles. The van der Waals surface area contributed by atoms with Gasteiger partial charge < -0.3 is 19.7 Å². The van der Waals surface area contributed by atoms with Crippen LogP contribution in [0, 0.1) is 23.2 Å². The van der Waals surface area contributed by atoms with Gasteiger partial charge in [-0.05, 0) is 116 Å². The average molecular weight is 732 g/mol. The molecule has 2 saturated heterocycles. The van der Waals surface area contributed by atoms with Gasteiger partial charge in [0.15, 0.2) is 5.03 Å². The first-order valence-corrected chi connectivity index (χ1v) is 19.3. The lowest BCUT2D eigenvalue weighted by Gasteiger charge is -2.53. The van der Waals surface area contributed by atoms with Crippen LogP contribution in [0.3, 0.4) is 0 Å². The molecule has 51 heavy (non-hydrogen) atoms. The van der Waals surface area contributed by atoms with Crippen LogP contribution in [-0.4, -0.2) is 71.2 Å². The zero-order valence-corrected chi connectivity index (χ0v) is 33.3. The quantitative estimate of drug-likeness (QED) is 0.252. The van der Waals surface area contributed by atoms with E-state index in [2.05, 4.69) is 56.8 Å². The third-order valence-electron chi connectivity index (χ3n) is 10.7. The minimum Gasteiger partial charge on any atom is -0.444 e. The molecule has 11 nitrogen and oxygen atoms in total. The van der Waals surface area contributed by atoms with Gasteiger partial charge in [-0.25, -0.2) is 19.5 Å². The van der Waals surface area contributed by atoms with Crippen molar-refractivity contribution in [2.24, 2.45) is 17.3 Å². The van der Waals surface area contributed by atoms with Gasteiger partial charge in [-0.15, -0.1) is 0 Å². The first kappa shape index (κ1) is 40.5. The van der Waals surface area contributed by atoms with Gasteiger partial charge in [0.05, 0.1) is 11.2 Å². The summed E-state index contributed by atoms with van der Waals surface area (Å²) in [6.07, 6.45) is 2.85. The van der Waals surface area contributed by atoms with Crippen molar-refractivity contribution in [3.8, 4) is 0 Å². The van der Waals surface area contributed by atoms with Gasteiger partial charge in [0.25, 0.3) is 15.9 Å². The molecule has 2 aromatic rings. The lowest BCUT2D eigenvalue weighted by molar-refractivity contribution is -0.166. The van der Waals surface area contributed by atoms with Crippen LogP contribution in [-0.2, 0) is 24.9 Å². The molecular formula is C38H58FN5O6S. The van der Waals surface area contributed by atoms with Crippen LogP contribution in [0.5, 0.6) is 0 Å². The number of amides is 2. The Morgan fingerprint density at radius 1 is 1.04 bits per heavy atom. The van der Waals surface area contributed by atoms with E-state index in [9.17, 15) is 22.4 Å². The Hall–Kier alpha value is -3.32. The normalized spacial score (nSPS) is 22.3. The topological polar surface area (TPSA) is 140 Å². The maximum atomic E-state index is 14.8. The van der Waals surface area contributed by atoms with Gasteiger partial charge in [0, 0.05) is 35.8 Å². The third kappa shape index (κ3) is 9.38. The van der Waals surface area contributed by atoms with Crippen LogP contribution in [0.1, 0.15) is 125 Å². The summed E-state index contributed by atoms with van der Waals surface area (Å²) in [7, 11) is -4.47. The second-order valence-electron chi connectivity index (χ2n) is 17.9. The molecule has 0 aliphatic carbocycles. The Kier molecular flexibility index (Phi) is 11.3. The summed E-state index contributed by atoms with van der Waals surface area (Å²) >= 11 is 0. The average Bonchev–Trinajstić information content (AvgIpc) is 3.29. The predicted octanol–water partition coefficient (Wildman–Crippen LogP) is 7.47. The van der Waals surface area contributed by atoms with Crippen molar-refractivity contribution in [1.29, 1.82) is 0 Å². The van der Waals surface area contributed by atoms with Crippen molar-refractivity contribution in [3.63, 3.8) is 0 Å². The number of carbonyl (C=O) groups excluding carboxylic acids is 2. The summed E-state index contributed by atoms with van der Waals surface area (Å²) in [6, 6.07) is 7.17. The summed E-state index contributed by atoms with van der Waals surface area (Å²) in [6.45, 7) is 25.0. The number of ether oxygens (including phenoxy) is 2. The van der Waals surface area contributed by atoms with Crippen LogP contribution >= 0.6 is 0 Å². The second-order valence-corrected chi connectivity index (χ2v) is 19.5. The summed E-state index contributed by atoms with van der Waals surface area (Å²) in [5.74, 6) is -1.49. The van der Waals surface area contributed by atoms with Crippen LogP contribution < -0.4 is 10.0 Å². The number of likely N-dealkylation sites (tertiary alicyclic amines) is 1. The number of hydrogen-bond donors (Lipinski definition) is 2. The fraction of sp³-hybridized carbons (Fsp3) is 0.684. The van der Waals surface area contributed by atoms with Crippen LogP contribution in [0.2, 0.25) is 0 Å². The number of rotatable bonds is 9. The third-order valence-corrected chi connectivity index (χ3v) is 12.0. The first-order valence-electron chi connectivity index (χ1n) is 17.9. The number of halogens is 1. The lowest BCUT2D eigenvalue weighted by atomic mass is 9.62. The standard InChI is InChI=1S/C38H58FN5O6S/c1-34(2,3)28-19-17-25(31(39)41-28)32(45)43-51(47,48)30-15-13-14-29(42-30)40-27(26-20-21-49-38(11,12)37(26,9)10)18-16-24-22-36(7,8)44(23-24)33(46)50-35(4,5)6/h13-15,17,19,24,26-27H,16,18,20-23H2,1-12H3,(H,40,42)(H,43,45)/t24-,26?,27?/m0/s1. The first-order chi connectivity index (χ1) is 23.2. The predicted molar refractivity (Wildman–Crippen MR) is 195 cm³/mol. The van der Waals surface area contributed by atoms with Crippen molar-refractivity contribution in [2.75, 3.05) is 18.5 Å². The molecule has 4 heterocycles. The Balaban J connectivity index is 1.56. The minimum absolute atomic E-state index is 0.122. The molecule has 3 atom stereocenters. The molecule has 2 fully saturated rings. The number of pyridine rings is 2. The number of nitrogens with zero attached hydrogens (tertiary/aromatic N) is 3. The van der Waals surface area contributed by atoms with Crippen LogP contribution in [0.15, 0.2) is 35.4 Å². The monoisotopic (exact) mass is 731 g/mol. The van der Waals surface area contributed by atoms with E-state index in [1.54, 1.807) is 12.1 Å². The zero-order valence-electron chi connectivity index (χ0n) is 32.4. The molecule has 2 amide bonds. The van der Waals surface area contributed by atoms with Crippen molar-refractivity contribution in [3.05, 3.63) is 47.5 Å². The molecule has 13 heteroatoms. The summed E-state index contributed by atoms with van der Waals surface area (Å²) in [5.41, 5.74) is -2.15. The van der Waals surface area contributed by atoms with E-state index in [-0.39, 0.29) is 40.0 Å². The van der Waals surface area contributed by atoms with Gasteiger partial charge in [-0.3, -0.25) is 4.79 Å². The molecule has 2 aromatic heterocycles. The highest BCUT2D eigenvalue weighted by atomic mass is 32.2. The van der Waals surface area contributed by atoms with E-state index in [0.717, 1.165) is 25.7 Å². The molecule has 0 radical (unpaired) electrons. The van der Waals surface area contributed by atoms with Crippen molar-refractivity contribution in [2.45, 2.75) is 142 Å². The summed E-state index contributed by atoms with van der Waals surface area (Å²) in [4.78, 5) is 36.2. The van der Waals surface area contributed by atoms with Crippen molar-refractivity contribution >= 4 is 27.8 Å². The Bertz CT molecular complexity index is 1710. The molecule has 4 rings (SSSR count). The number of anilines is 1. The fourth-order valence-corrected chi connectivity index (χ4v) is 8.17. The van der Waals surface area contributed by atoms with Crippen molar-refractivity contribution < 1.29 is 31.9 Å². The maximum absolute atomic E-state index is 14.8. The van der Waals surface area contributed by atoms with Gasteiger partial charge in [-0.2, -0.15) is 12.8 Å². The number of carbonyl (C=O) groups is 2. The van der Waals surface area contributed by atoms with Gasteiger partial charge in [0.1, 0.15) is 11.4 Å². The summed E-state index contributed by atoms with van der Waals surface area (Å²) < 4.78 is 55.5. The zero-order chi connectivity index (χ0) is 38.4. The van der Waals surface area contributed by atoms with Gasteiger partial charge in [0.2, 0.25) is 5.95 Å². The maximum Gasteiger partial charge on any atom is 0.410 e. The molecule has 0 aromatic carbocycles. The van der Waals surface area contributed by atoms with Crippen LogP contribution in [0.4, 0.5) is 15.0 Å². The largest absolute Gasteiger partial charge is 0.444 e. The van der Waals surface area contributed by atoms with E-state index in [1.165, 1.54) is 18.2 Å². The smallest absolute Gasteiger partial charge is 0.410 e. The van der Waals surface area contributed by atoms with E-state index < -0.39 is 44.1 Å². The summed E-state index contributed by atoms with van der Waals surface area (Å²) in [5, 5.41) is 3.18. The van der Waals surface area contributed by atoms with E-state index in [1.807, 2.05) is 51.2 Å². The molecule has 0 saturated carbocycles. The number of nitrogens with one attached hydrogen (secondary N) is 2. The second kappa shape index (κ2) is 14.2. The lowest BCUT2D eigenvalue weighted by Crippen LogP contribution is -2.55. The van der Waals surface area contributed by atoms with E-state index in [0.29, 0.717) is 24.7 Å². The molecule has 2 N–H and O–H groups in total. The fourth-order valence-electron chi connectivity index (χ4n) is 7.23. The molecule has 0 spiro atoms. The Morgan fingerprint density at radius 3 is 2.31 bits per heavy atom. The van der Waals surface area contributed by atoms with E-state index in [4.69, 9.17) is 9.47 Å². The van der Waals surface area contributed by atoms with Crippen LogP contribution in [0.25, 0.3) is 0 Å².